The van der Waals surface area contributed by atoms with Crippen LogP contribution in [0.15, 0.2) is 67.8 Å². The zero-order chi connectivity index (χ0) is 33.6. The van der Waals surface area contributed by atoms with Crippen molar-refractivity contribution in [1.29, 1.82) is 0 Å². The normalized spacial score (nSPS) is 28.5. The van der Waals surface area contributed by atoms with Crippen molar-refractivity contribution in [2.24, 2.45) is 17.8 Å². The lowest BCUT2D eigenvalue weighted by molar-refractivity contribution is -0.148. The van der Waals surface area contributed by atoms with E-state index in [1.807, 2.05) is 77.1 Å². The molecule has 0 aromatic heterocycles. The van der Waals surface area contributed by atoms with Gasteiger partial charge in [-0.3, -0.25) is 14.4 Å². The van der Waals surface area contributed by atoms with E-state index in [0.717, 1.165) is 16.8 Å². The fourth-order valence-corrected chi connectivity index (χ4v) is 8.00. The average molecular weight is 630 g/mol. The summed E-state index contributed by atoms with van der Waals surface area (Å²) in [7, 11) is 0. The molecule has 0 radical (unpaired) electrons. The van der Waals surface area contributed by atoms with Crippen LogP contribution in [0.5, 0.6) is 5.75 Å². The highest BCUT2D eigenvalue weighted by Gasteiger charge is 2.80. The van der Waals surface area contributed by atoms with Crippen LogP contribution in [0.2, 0.25) is 0 Å². The van der Waals surface area contributed by atoms with Crippen LogP contribution in [0.3, 0.4) is 0 Å². The van der Waals surface area contributed by atoms with Gasteiger partial charge < -0.3 is 29.3 Å². The molecule has 7 atom stereocenters. The van der Waals surface area contributed by atoms with Crippen molar-refractivity contribution in [3.8, 4) is 5.75 Å². The minimum Gasteiger partial charge on any atom is -0.494 e. The van der Waals surface area contributed by atoms with Crippen LogP contribution < -0.4 is 14.5 Å². The number of fused-ring (bicyclic) bond motifs is 1. The van der Waals surface area contributed by atoms with Crippen molar-refractivity contribution < 1.29 is 29.0 Å². The maximum absolute atomic E-state index is 14.9. The number of carbonyl (C=O) groups is 3. The van der Waals surface area contributed by atoms with E-state index in [9.17, 15) is 19.5 Å². The Balaban J connectivity index is 1.62. The number of hydrogen-bond donors (Lipinski definition) is 1. The van der Waals surface area contributed by atoms with Crippen LogP contribution in [-0.2, 0) is 19.1 Å². The number of aliphatic hydroxyl groups excluding tert-OH is 1. The number of ether oxygens (including phenoxy) is 2. The third kappa shape index (κ3) is 5.14. The first-order valence-electron chi connectivity index (χ1n) is 16.2. The van der Waals surface area contributed by atoms with Crippen molar-refractivity contribution in [2.75, 3.05) is 36.1 Å². The standard InChI is InChI=1S/C37H47N3O6/c1-9-18-38(27-14-16-28(17-15-27)45-11-3)33(42)30-31-34(43)40(26(7)22-41)32(37(31)21-25(6)36(30,8)46-37)35(44)39(19-10-2)29-20-23(4)12-13-24(29)5/h9-10,12-17,20,25-26,30-32,41H,1-2,11,18-19,21-22H2,3-8H3/t25?,26-,30+,31+,32?,36-,37?/m1/s1. The first kappa shape index (κ1) is 33.4. The van der Waals surface area contributed by atoms with Crippen LogP contribution in [0.4, 0.5) is 11.4 Å². The molecular formula is C37H47N3O6. The highest BCUT2D eigenvalue weighted by molar-refractivity contribution is 6.07. The third-order valence-electron chi connectivity index (χ3n) is 10.3. The molecule has 3 aliphatic heterocycles. The second-order valence-corrected chi connectivity index (χ2v) is 13.2. The second-order valence-electron chi connectivity index (χ2n) is 13.2. The molecule has 3 unspecified atom stereocenters. The van der Waals surface area contributed by atoms with Gasteiger partial charge in [-0.15, -0.1) is 13.2 Å². The fourth-order valence-electron chi connectivity index (χ4n) is 8.00. The zero-order valence-corrected chi connectivity index (χ0v) is 27.9. The Morgan fingerprint density at radius 1 is 1.11 bits per heavy atom. The number of amides is 3. The van der Waals surface area contributed by atoms with Gasteiger partial charge in [0.25, 0.3) is 5.91 Å². The smallest absolute Gasteiger partial charge is 0.253 e. The molecule has 0 aliphatic carbocycles. The number of carbonyl (C=O) groups excluding carboxylic acids is 3. The fraction of sp³-hybridized carbons (Fsp3) is 0.486. The van der Waals surface area contributed by atoms with Crippen molar-refractivity contribution in [2.45, 2.75) is 71.2 Å². The number of hydrogen-bond acceptors (Lipinski definition) is 6. The van der Waals surface area contributed by atoms with Crippen molar-refractivity contribution in [3.05, 3.63) is 78.9 Å². The van der Waals surface area contributed by atoms with Gasteiger partial charge in [-0.1, -0.05) is 31.2 Å². The molecule has 2 bridgehead atoms. The third-order valence-corrected chi connectivity index (χ3v) is 10.3. The number of benzene rings is 2. The van der Waals surface area contributed by atoms with Gasteiger partial charge in [0.05, 0.1) is 36.7 Å². The summed E-state index contributed by atoms with van der Waals surface area (Å²) in [6.45, 7) is 19.9. The van der Waals surface area contributed by atoms with E-state index in [4.69, 9.17) is 9.47 Å². The molecule has 0 saturated carbocycles. The van der Waals surface area contributed by atoms with Gasteiger partial charge in [0.15, 0.2) is 0 Å². The highest BCUT2D eigenvalue weighted by atomic mass is 16.5. The molecule has 5 rings (SSSR count). The van der Waals surface area contributed by atoms with Crippen LogP contribution in [0, 0.1) is 31.6 Å². The van der Waals surface area contributed by atoms with E-state index < -0.39 is 35.1 Å². The quantitative estimate of drug-likeness (QED) is 0.338. The van der Waals surface area contributed by atoms with E-state index in [1.54, 1.807) is 28.9 Å². The summed E-state index contributed by atoms with van der Waals surface area (Å²) in [6.07, 6.45) is 3.75. The maximum atomic E-state index is 14.9. The van der Waals surface area contributed by atoms with E-state index in [0.29, 0.717) is 24.5 Å². The van der Waals surface area contributed by atoms with Crippen LogP contribution in [0.1, 0.15) is 45.2 Å². The molecule has 2 aromatic rings. The van der Waals surface area contributed by atoms with Gasteiger partial charge in [-0.05, 0) is 88.4 Å². The lowest BCUT2D eigenvalue weighted by Gasteiger charge is -2.39. The predicted octanol–water partition coefficient (Wildman–Crippen LogP) is 4.83. The van der Waals surface area contributed by atoms with Gasteiger partial charge in [-0.25, -0.2) is 0 Å². The highest BCUT2D eigenvalue weighted by Crippen LogP contribution is 2.66. The van der Waals surface area contributed by atoms with Gasteiger partial charge in [-0.2, -0.15) is 0 Å². The molecule has 3 fully saturated rings. The van der Waals surface area contributed by atoms with Gasteiger partial charge in [0.2, 0.25) is 11.8 Å². The maximum Gasteiger partial charge on any atom is 0.253 e. The summed E-state index contributed by atoms with van der Waals surface area (Å²) >= 11 is 0. The van der Waals surface area contributed by atoms with Crippen molar-refractivity contribution in [3.63, 3.8) is 0 Å². The van der Waals surface area contributed by atoms with Crippen LogP contribution >= 0.6 is 0 Å². The van der Waals surface area contributed by atoms with E-state index >= 15 is 0 Å². The number of nitrogens with zero attached hydrogens (tertiary/aromatic N) is 3. The Morgan fingerprint density at radius 3 is 2.37 bits per heavy atom. The summed E-state index contributed by atoms with van der Waals surface area (Å²) in [4.78, 5) is 49.1. The van der Waals surface area contributed by atoms with Gasteiger partial charge >= 0.3 is 0 Å². The summed E-state index contributed by atoms with van der Waals surface area (Å²) in [5.41, 5.74) is 0.997. The van der Waals surface area contributed by atoms with E-state index in [1.165, 1.54) is 4.90 Å². The predicted molar refractivity (Wildman–Crippen MR) is 179 cm³/mol. The Bertz CT molecular complexity index is 1520. The summed E-state index contributed by atoms with van der Waals surface area (Å²) in [5, 5.41) is 10.4. The molecule has 3 aliphatic rings. The van der Waals surface area contributed by atoms with Gasteiger partial charge in [0.1, 0.15) is 17.4 Å². The van der Waals surface area contributed by atoms with Crippen LogP contribution in [-0.4, -0.2) is 77.3 Å². The molecule has 3 heterocycles. The Kier molecular flexibility index (Phi) is 9.21. The number of likely N-dealkylation sites (tertiary alicyclic amines) is 1. The minimum absolute atomic E-state index is 0.135. The lowest BCUT2D eigenvalue weighted by atomic mass is 9.62. The Labute approximate surface area is 272 Å². The molecule has 46 heavy (non-hydrogen) atoms. The second kappa shape index (κ2) is 12.7. The topological polar surface area (TPSA) is 99.6 Å². The zero-order valence-electron chi connectivity index (χ0n) is 27.9. The number of anilines is 2. The van der Waals surface area contributed by atoms with Crippen molar-refractivity contribution >= 4 is 29.1 Å². The largest absolute Gasteiger partial charge is 0.494 e. The van der Waals surface area contributed by atoms with E-state index in [2.05, 4.69) is 13.2 Å². The van der Waals surface area contributed by atoms with Crippen LogP contribution in [0.25, 0.3) is 0 Å². The summed E-state index contributed by atoms with van der Waals surface area (Å²) in [6, 6.07) is 11.5. The minimum atomic E-state index is -1.26. The molecule has 1 N–H and O–H groups in total. The first-order chi connectivity index (χ1) is 21.9. The lowest BCUT2D eigenvalue weighted by Crippen LogP contribution is -2.59. The first-order valence-corrected chi connectivity index (χ1v) is 16.2. The molecule has 9 nitrogen and oxygen atoms in total. The molecular weight excluding hydrogens is 582 g/mol. The molecule has 246 valence electrons. The molecule has 3 amide bonds. The Morgan fingerprint density at radius 2 is 1.76 bits per heavy atom. The monoisotopic (exact) mass is 629 g/mol. The molecule has 3 saturated heterocycles. The summed E-state index contributed by atoms with van der Waals surface area (Å²) in [5.74, 6) is -2.15. The molecule has 1 spiro atoms. The van der Waals surface area contributed by atoms with Gasteiger partial charge in [0, 0.05) is 24.5 Å². The number of aryl methyl sites for hydroxylation is 2. The molecule has 9 heteroatoms. The number of rotatable bonds is 12. The van der Waals surface area contributed by atoms with Crippen molar-refractivity contribution in [1.82, 2.24) is 4.90 Å². The van der Waals surface area contributed by atoms with E-state index in [-0.39, 0.29) is 43.3 Å². The summed E-state index contributed by atoms with van der Waals surface area (Å²) < 4.78 is 12.6. The number of aliphatic hydroxyl groups is 1. The average Bonchev–Trinajstić information content (AvgIpc) is 3.56. The SMILES string of the molecule is C=CCN(C(=O)[C@@H]1[C@H]2C(=O)N([C@H](C)CO)C(C(=O)N(CC=C)c3cc(C)ccc3C)C23CC(C)[C@@]1(C)O3)c1ccc(OCC)cc1. The molecule has 2 aromatic carbocycles. The Hall–Kier alpha value is -3.95.